The molecule has 1 heterocycles. The topological polar surface area (TPSA) is 120 Å². The van der Waals surface area contributed by atoms with Crippen LogP contribution in [-0.2, 0) is 16.6 Å². The number of ether oxygens (including phenoxy) is 1. The zero-order valence-corrected chi connectivity index (χ0v) is 20.6. The Bertz CT molecular complexity index is 1390. The molecule has 0 amide bonds. The first-order valence-electron chi connectivity index (χ1n) is 11.0. The van der Waals surface area contributed by atoms with E-state index < -0.39 is 26.3 Å². The predicted molar refractivity (Wildman–Crippen MR) is 129 cm³/mol. The first-order valence-corrected chi connectivity index (χ1v) is 12.4. The lowest BCUT2D eigenvalue weighted by molar-refractivity contribution is -0.386. The summed E-state index contributed by atoms with van der Waals surface area (Å²) in [6, 6.07) is 8.59. The van der Waals surface area contributed by atoms with Gasteiger partial charge in [-0.05, 0) is 48.2 Å². The van der Waals surface area contributed by atoms with E-state index in [4.69, 9.17) is 9.15 Å². The minimum Gasteiger partial charge on any atom is -0.482 e. The fourth-order valence-corrected chi connectivity index (χ4v) is 5.40. The van der Waals surface area contributed by atoms with Gasteiger partial charge in [-0.1, -0.05) is 27.7 Å². The SMILES string of the molecule is CCN(CC)S(=O)(=O)c1ccc(OCc2cc(=O)oc3cc(C)c(C(C)C)cc23)c([N+](=O)[O-])c1. The minimum absolute atomic E-state index is 0.0962. The maximum atomic E-state index is 12.8. The number of hydrogen-bond acceptors (Lipinski definition) is 7. The molecule has 0 spiro atoms. The highest BCUT2D eigenvalue weighted by Crippen LogP contribution is 2.33. The molecular formula is C24H28N2O7S. The Morgan fingerprint density at radius 3 is 2.38 bits per heavy atom. The van der Waals surface area contributed by atoms with Gasteiger partial charge in [-0.3, -0.25) is 10.1 Å². The molecule has 0 saturated carbocycles. The van der Waals surface area contributed by atoms with Gasteiger partial charge in [-0.25, -0.2) is 13.2 Å². The van der Waals surface area contributed by atoms with Crippen molar-refractivity contribution in [3.63, 3.8) is 0 Å². The number of nitrogens with zero attached hydrogens (tertiary/aromatic N) is 2. The highest BCUT2D eigenvalue weighted by atomic mass is 32.2. The Labute approximate surface area is 198 Å². The summed E-state index contributed by atoms with van der Waals surface area (Å²) in [4.78, 5) is 22.9. The molecule has 2 aromatic carbocycles. The number of aryl methyl sites for hydroxylation is 1. The quantitative estimate of drug-likeness (QED) is 0.242. The van der Waals surface area contributed by atoms with Gasteiger partial charge >= 0.3 is 11.3 Å². The summed E-state index contributed by atoms with van der Waals surface area (Å²) in [6.07, 6.45) is 0. The van der Waals surface area contributed by atoms with Crippen LogP contribution >= 0.6 is 0 Å². The zero-order chi connectivity index (χ0) is 25.2. The average Bonchev–Trinajstić information content (AvgIpc) is 2.77. The summed E-state index contributed by atoms with van der Waals surface area (Å²) in [5.41, 5.74) is 1.96. The molecule has 3 aromatic rings. The van der Waals surface area contributed by atoms with Crippen molar-refractivity contribution in [2.75, 3.05) is 13.1 Å². The fourth-order valence-electron chi connectivity index (χ4n) is 3.92. The standard InChI is InChI=1S/C24H28N2O7S/c1-6-25(7-2)34(30,31)18-8-9-22(21(12-18)26(28)29)32-14-17-11-24(27)33-23-10-16(5)19(15(3)4)13-20(17)23/h8-13,15H,6-7,14H2,1-5H3. The monoisotopic (exact) mass is 488 g/mol. The summed E-state index contributed by atoms with van der Waals surface area (Å²) in [5.74, 6) is 0.146. The Hall–Kier alpha value is -3.24. The van der Waals surface area contributed by atoms with Crippen LogP contribution < -0.4 is 10.4 Å². The number of sulfonamides is 1. The first-order chi connectivity index (χ1) is 16.0. The lowest BCUT2D eigenvalue weighted by atomic mass is 9.95. The van der Waals surface area contributed by atoms with Crippen molar-refractivity contribution in [2.24, 2.45) is 0 Å². The van der Waals surface area contributed by atoms with Crippen molar-refractivity contribution in [2.45, 2.75) is 52.0 Å². The lowest BCUT2D eigenvalue weighted by Crippen LogP contribution is -2.30. The third-order valence-electron chi connectivity index (χ3n) is 5.69. The van der Waals surface area contributed by atoms with Crippen LogP contribution in [0.3, 0.4) is 0 Å². The zero-order valence-electron chi connectivity index (χ0n) is 19.8. The summed E-state index contributed by atoms with van der Waals surface area (Å²) in [6.45, 7) is 9.79. The molecule has 1 aromatic heterocycles. The van der Waals surface area contributed by atoms with E-state index in [1.807, 2.05) is 13.0 Å². The van der Waals surface area contributed by atoms with Gasteiger partial charge in [0.2, 0.25) is 10.0 Å². The van der Waals surface area contributed by atoms with Crippen molar-refractivity contribution in [1.82, 2.24) is 4.31 Å². The van der Waals surface area contributed by atoms with Crippen LogP contribution in [0.5, 0.6) is 5.75 Å². The summed E-state index contributed by atoms with van der Waals surface area (Å²) in [5, 5.41) is 12.4. The van der Waals surface area contributed by atoms with E-state index in [2.05, 4.69) is 13.8 Å². The average molecular weight is 489 g/mol. The molecule has 3 rings (SSSR count). The van der Waals surface area contributed by atoms with Gasteiger partial charge in [0, 0.05) is 36.2 Å². The van der Waals surface area contributed by atoms with E-state index >= 15 is 0 Å². The number of benzene rings is 2. The normalized spacial score (nSPS) is 12.0. The van der Waals surface area contributed by atoms with Gasteiger partial charge in [0.05, 0.1) is 9.82 Å². The molecule has 182 valence electrons. The molecule has 0 aliphatic heterocycles. The van der Waals surface area contributed by atoms with Crippen LogP contribution in [0.4, 0.5) is 5.69 Å². The van der Waals surface area contributed by atoms with Crippen LogP contribution in [0.15, 0.2) is 50.5 Å². The second-order valence-corrected chi connectivity index (χ2v) is 10.2. The third-order valence-corrected chi connectivity index (χ3v) is 7.74. The maximum Gasteiger partial charge on any atom is 0.336 e. The van der Waals surface area contributed by atoms with Gasteiger partial charge in [0.15, 0.2) is 5.75 Å². The van der Waals surface area contributed by atoms with E-state index in [1.165, 1.54) is 22.5 Å². The molecule has 0 aliphatic rings. The van der Waals surface area contributed by atoms with Crippen molar-refractivity contribution >= 4 is 26.7 Å². The largest absolute Gasteiger partial charge is 0.482 e. The van der Waals surface area contributed by atoms with E-state index in [1.54, 1.807) is 19.9 Å². The number of hydrogen-bond donors (Lipinski definition) is 0. The highest BCUT2D eigenvalue weighted by molar-refractivity contribution is 7.89. The van der Waals surface area contributed by atoms with E-state index in [0.29, 0.717) is 16.5 Å². The van der Waals surface area contributed by atoms with Crippen molar-refractivity contribution in [1.29, 1.82) is 0 Å². The molecule has 9 nitrogen and oxygen atoms in total. The van der Waals surface area contributed by atoms with Crippen LogP contribution in [0, 0.1) is 17.0 Å². The highest BCUT2D eigenvalue weighted by Gasteiger charge is 2.26. The minimum atomic E-state index is -3.87. The first kappa shape index (κ1) is 25.4. The van der Waals surface area contributed by atoms with Crippen molar-refractivity contribution < 1.29 is 22.5 Å². The van der Waals surface area contributed by atoms with Gasteiger partial charge in [0.1, 0.15) is 12.2 Å². The number of rotatable bonds is 9. The molecular weight excluding hydrogens is 460 g/mol. The summed E-state index contributed by atoms with van der Waals surface area (Å²) >= 11 is 0. The molecule has 0 aliphatic carbocycles. The Kier molecular flexibility index (Phi) is 7.42. The van der Waals surface area contributed by atoms with Gasteiger partial charge in [-0.15, -0.1) is 0 Å². The Morgan fingerprint density at radius 1 is 1.12 bits per heavy atom. The van der Waals surface area contributed by atoms with Crippen LogP contribution in [0.2, 0.25) is 0 Å². The van der Waals surface area contributed by atoms with E-state index in [0.717, 1.165) is 17.2 Å². The third kappa shape index (κ3) is 4.97. The molecule has 0 bridgehead atoms. The Balaban J connectivity index is 2.02. The van der Waals surface area contributed by atoms with Crippen molar-refractivity contribution in [3.8, 4) is 5.75 Å². The van der Waals surface area contributed by atoms with E-state index in [9.17, 15) is 23.3 Å². The second kappa shape index (κ2) is 9.94. The number of fused-ring (bicyclic) bond motifs is 1. The summed E-state index contributed by atoms with van der Waals surface area (Å²) < 4.78 is 37.8. The van der Waals surface area contributed by atoms with Gasteiger partial charge < -0.3 is 9.15 Å². The molecule has 0 radical (unpaired) electrons. The van der Waals surface area contributed by atoms with E-state index in [-0.39, 0.29) is 36.3 Å². The maximum absolute atomic E-state index is 12.8. The predicted octanol–water partition coefficient (Wildman–Crippen LogP) is 4.74. The summed E-state index contributed by atoms with van der Waals surface area (Å²) in [7, 11) is -3.87. The van der Waals surface area contributed by atoms with Crippen LogP contribution in [0.1, 0.15) is 50.3 Å². The lowest BCUT2D eigenvalue weighted by Gasteiger charge is -2.18. The van der Waals surface area contributed by atoms with Crippen LogP contribution in [0.25, 0.3) is 11.0 Å². The molecule has 10 heteroatoms. The fraction of sp³-hybridized carbons (Fsp3) is 0.375. The van der Waals surface area contributed by atoms with Crippen molar-refractivity contribution in [3.05, 3.63) is 73.6 Å². The molecule has 0 unspecified atom stereocenters. The van der Waals surface area contributed by atoms with Crippen LogP contribution in [-0.4, -0.2) is 30.7 Å². The number of nitro groups is 1. The second-order valence-electron chi connectivity index (χ2n) is 8.21. The Morgan fingerprint density at radius 2 is 1.79 bits per heavy atom. The molecule has 0 atom stereocenters. The molecule has 0 fully saturated rings. The van der Waals surface area contributed by atoms with Gasteiger partial charge in [-0.2, -0.15) is 4.31 Å². The molecule has 0 N–H and O–H groups in total. The van der Waals surface area contributed by atoms with Gasteiger partial charge in [0.25, 0.3) is 0 Å². The molecule has 0 saturated heterocycles. The smallest absolute Gasteiger partial charge is 0.336 e. The number of nitro benzene ring substituents is 1. The molecule has 34 heavy (non-hydrogen) atoms.